The van der Waals surface area contributed by atoms with Gasteiger partial charge in [-0.2, -0.15) is 0 Å². The molecular weight excluding hydrogens is 405 g/mol. The molecule has 0 bridgehead atoms. The van der Waals surface area contributed by atoms with Gasteiger partial charge in [-0.25, -0.2) is 14.4 Å². The van der Waals surface area contributed by atoms with E-state index in [2.05, 4.69) is 23.3 Å². The third-order valence-electron chi connectivity index (χ3n) is 7.13. The number of fused-ring (bicyclic) bond motifs is 3. The van der Waals surface area contributed by atoms with E-state index in [0.717, 1.165) is 36.3 Å². The van der Waals surface area contributed by atoms with Gasteiger partial charge in [-0.3, -0.25) is 14.6 Å². The van der Waals surface area contributed by atoms with Gasteiger partial charge in [0.05, 0.1) is 12.6 Å². The van der Waals surface area contributed by atoms with E-state index >= 15 is 0 Å². The van der Waals surface area contributed by atoms with Crippen LogP contribution in [0.2, 0.25) is 0 Å². The van der Waals surface area contributed by atoms with Gasteiger partial charge in [0.15, 0.2) is 5.69 Å². The molecule has 1 amide bonds. The van der Waals surface area contributed by atoms with E-state index in [1.165, 1.54) is 44.2 Å². The van der Waals surface area contributed by atoms with Crippen molar-refractivity contribution in [1.29, 1.82) is 0 Å². The highest BCUT2D eigenvalue weighted by Crippen LogP contribution is 2.38. The number of halogens is 1. The van der Waals surface area contributed by atoms with E-state index in [4.69, 9.17) is 9.98 Å². The maximum Gasteiger partial charge on any atom is 0.283 e. The summed E-state index contributed by atoms with van der Waals surface area (Å²) in [6.07, 6.45) is 6.19. The van der Waals surface area contributed by atoms with E-state index in [9.17, 15) is 9.18 Å². The summed E-state index contributed by atoms with van der Waals surface area (Å²) in [6, 6.07) is 6.60. The van der Waals surface area contributed by atoms with Crippen molar-refractivity contribution >= 4 is 17.7 Å². The highest BCUT2D eigenvalue weighted by atomic mass is 19.1. The lowest BCUT2D eigenvalue weighted by Crippen LogP contribution is -2.50. The molecule has 0 N–H and O–H groups in total. The van der Waals surface area contributed by atoms with E-state index in [0.29, 0.717) is 24.1 Å². The molecule has 2 aromatic rings. The summed E-state index contributed by atoms with van der Waals surface area (Å²) in [7, 11) is 0. The van der Waals surface area contributed by atoms with Gasteiger partial charge in [0.1, 0.15) is 17.5 Å². The largest absolute Gasteiger partial charge is 0.310 e. The van der Waals surface area contributed by atoms with Gasteiger partial charge in [-0.05, 0) is 55.9 Å². The highest BCUT2D eigenvalue weighted by molar-refractivity contribution is 6.18. The topological polar surface area (TPSA) is 53.7 Å². The van der Waals surface area contributed by atoms with E-state index in [1.54, 1.807) is 17.0 Å². The van der Waals surface area contributed by atoms with Crippen LogP contribution < -0.4 is 4.90 Å². The Bertz CT molecular complexity index is 1040. The van der Waals surface area contributed by atoms with Crippen LogP contribution in [0.5, 0.6) is 0 Å². The van der Waals surface area contributed by atoms with Crippen LogP contribution in [0.3, 0.4) is 0 Å². The molecule has 3 aliphatic rings. The van der Waals surface area contributed by atoms with Gasteiger partial charge < -0.3 is 4.57 Å². The Balaban J connectivity index is 1.65. The molecule has 5 rings (SSSR count). The van der Waals surface area contributed by atoms with Crippen molar-refractivity contribution in [2.45, 2.75) is 65.5 Å². The quantitative estimate of drug-likeness (QED) is 0.665. The standard InChI is InChI=1S/C25H32FN5O/c1-4-29-24(32)21-23(31-15-20(16(2)3)27-25(29)31)30(14-17-8-6-5-7-9-17)22(28-21)18-10-12-19(26)13-11-18/h10-13,16-17,20H,4-9,14-15H2,1-3H3/t20-/m0/s1. The number of nitrogens with zero attached hydrogens (tertiary/aromatic N) is 5. The number of guanidine groups is 1. The molecule has 2 aliphatic heterocycles. The molecule has 3 heterocycles. The number of carbonyl (C=O) groups is 1. The molecule has 6 nitrogen and oxygen atoms in total. The summed E-state index contributed by atoms with van der Waals surface area (Å²) < 4.78 is 15.9. The van der Waals surface area contributed by atoms with Gasteiger partial charge >= 0.3 is 0 Å². The number of rotatable bonds is 5. The second-order valence-electron chi connectivity index (χ2n) is 9.63. The van der Waals surface area contributed by atoms with Gasteiger partial charge in [0, 0.05) is 18.7 Å². The number of carbonyl (C=O) groups excluding carboxylic acids is 1. The van der Waals surface area contributed by atoms with Crippen molar-refractivity contribution in [3.63, 3.8) is 0 Å². The lowest BCUT2D eigenvalue weighted by molar-refractivity contribution is 0.0841. The second-order valence-corrected chi connectivity index (χ2v) is 9.63. The zero-order valence-electron chi connectivity index (χ0n) is 19.2. The molecule has 1 aromatic heterocycles. The molecule has 1 saturated carbocycles. The first kappa shape index (κ1) is 21.2. The van der Waals surface area contributed by atoms with Crippen LogP contribution >= 0.6 is 0 Å². The van der Waals surface area contributed by atoms with Gasteiger partial charge in [-0.1, -0.05) is 33.1 Å². The van der Waals surface area contributed by atoms with Crippen LogP contribution in [0.25, 0.3) is 11.4 Å². The number of aliphatic imine (C=N–C) groups is 1. The fourth-order valence-electron chi connectivity index (χ4n) is 5.27. The smallest absolute Gasteiger partial charge is 0.283 e. The zero-order valence-corrected chi connectivity index (χ0v) is 19.2. The monoisotopic (exact) mass is 437 g/mol. The molecule has 1 aliphatic carbocycles. The number of benzene rings is 1. The predicted molar refractivity (Wildman–Crippen MR) is 124 cm³/mol. The number of hydrogen-bond donors (Lipinski definition) is 0. The maximum atomic E-state index is 13.6. The van der Waals surface area contributed by atoms with Gasteiger partial charge in [-0.15, -0.1) is 0 Å². The fourth-order valence-corrected chi connectivity index (χ4v) is 5.27. The third kappa shape index (κ3) is 3.51. The van der Waals surface area contributed by atoms with E-state index < -0.39 is 0 Å². The Labute approximate surface area is 189 Å². The average Bonchev–Trinajstić information content (AvgIpc) is 3.38. The van der Waals surface area contributed by atoms with E-state index in [1.807, 2.05) is 6.92 Å². The van der Waals surface area contributed by atoms with Crippen LogP contribution in [0.1, 0.15) is 63.4 Å². The number of aromatic nitrogens is 2. The Hall–Kier alpha value is -2.70. The molecule has 7 heteroatoms. The Morgan fingerprint density at radius 2 is 1.84 bits per heavy atom. The first-order valence-corrected chi connectivity index (χ1v) is 12.0. The summed E-state index contributed by atoms with van der Waals surface area (Å²) in [5.41, 5.74) is 1.33. The second kappa shape index (κ2) is 8.34. The lowest BCUT2D eigenvalue weighted by Gasteiger charge is -2.34. The molecular formula is C25H32FN5O. The summed E-state index contributed by atoms with van der Waals surface area (Å²) in [6.45, 7) is 8.46. The first-order valence-electron chi connectivity index (χ1n) is 12.0. The van der Waals surface area contributed by atoms with Gasteiger partial charge in [0.2, 0.25) is 5.96 Å². The third-order valence-corrected chi connectivity index (χ3v) is 7.13. The molecule has 0 radical (unpaired) electrons. The number of anilines is 1. The van der Waals surface area contributed by atoms with Crippen molar-refractivity contribution in [1.82, 2.24) is 14.5 Å². The van der Waals surface area contributed by atoms with Crippen LogP contribution in [0.4, 0.5) is 10.2 Å². The van der Waals surface area contributed by atoms with E-state index in [-0.39, 0.29) is 17.8 Å². The van der Waals surface area contributed by atoms with Crippen molar-refractivity contribution in [3.8, 4) is 11.4 Å². The number of hydrogen-bond acceptors (Lipinski definition) is 4. The van der Waals surface area contributed by atoms with Crippen molar-refractivity contribution in [3.05, 3.63) is 35.8 Å². The van der Waals surface area contributed by atoms with Crippen molar-refractivity contribution < 1.29 is 9.18 Å². The molecule has 0 unspecified atom stereocenters. The highest BCUT2D eigenvalue weighted by Gasteiger charge is 2.44. The minimum Gasteiger partial charge on any atom is -0.310 e. The Kier molecular flexibility index (Phi) is 5.51. The Morgan fingerprint density at radius 3 is 2.50 bits per heavy atom. The predicted octanol–water partition coefficient (Wildman–Crippen LogP) is 4.95. The van der Waals surface area contributed by atoms with Crippen LogP contribution in [0.15, 0.2) is 29.3 Å². The molecule has 1 fully saturated rings. The molecule has 1 aromatic carbocycles. The van der Waals surface area contributed by atoms with Crippen LogP contribution in [-0.4, -0.2) is 45.4 Å². The summed E-state index contributed by atoms with van der Waals surface area (Å²) >= 11 is 0. The Morgan fingerprint density at radius 1 is 1.12 bits per heavy atom. The molecule has 1 atom stereocenters. The average molecular weight is 438 g/mol. The fraction of sp³-hybridized carbons (Fsp3) is 0.560. The minimum absolute atomic E-state index is 0.0901. The number of imidazole rings is 1. The van der Waals surface area contributed by atoms with Gasteiger partial charge in [0.25, 0.3) is 5.91 Å². The lowest BCUT2D eigenvalue weighted by atomic mass is 9.89. The molecule has 0 saturated heterocycles. The summed E-state index contributed by atoms with van der Waals surface area (Å²) in [5.74, 6) is 2.95. The molecule has 32 heavy (non-hydrogen) atoms. The molecule has 0 spiro atoms. The first-order chi connectivity index (χ1) is 15.5. The summed E-state index contributed by atoms with van der Waals surface area (Å²) in [4.78, 5) is 27.3. The normalized spacial score (nSPS) is 21.2. The number of amides is 1. The van der Waals surface area contributed by atoms with Crippen molar-refractivity contribution in [2.75, 3.05) is 18.0 Å². The molecule has 170 valence electrons. The zero-order chi connectivity index (χ0) is 22.4. The summed E-state index contributed by atoms with van der Waals surface area (Å²) in [5, 5.41) is 0. The minimum atomic E-state index is -0.272. The maximum absolute atomic E-state index is 13.6. The van der Waals surface area contributed by atoms with Crippen LogP contribution in [0, 0.1) is 17.7 Å². The SMILES string of the molecule is CCN1C(=O)c2nc(-c3ccc(F)cc3)n(CC3CCCCC3)c2N2C[C@@H](C(C)C)N=C12. The van der Waals surface area contributed by atoms with Crippen molar-refractivity contribution in [2.24, 2.45) is 16.8 Å². The van der Waals surface area contributed by atoms with Crippen LogP contribution in [-0.2, 0) is 6.54 Å².